The third-order valence-corrected chi connectivity index (χ3v) is 3.80. The highest BCUT2D eigenvalue weighted by molar-refractivity contribution is 6.04. The summed E-state index contributed by atoms with van der Waals surface area (Å²) in [5.41, 5.74) is 6.70. The van der Waals surface area contributed by atoms with Crippen LogP contribution >= 0.6 is 0 Å². The van der Waals surface area contributed by atoms with Crippen LogP contribution in [0.3, 0.4) is 0 Å². The lowest BCUT2D eigenvalue weighted by molar-refractivity contribution is -0.119. The lowest BCUT2D eigenvalue weighted by Crippen LogP contribution is -2.25. The average molecular weight is 291 g/mol. The van der Waals surface area contributed by atoms with Crippen molar-refractivity contribution in [3.05, 3.63) is 23.8 Å². The van der Waals surface area contributed by atoms with Crippen LogP contribution in [-0.4, -0.2) is 32.0 Å². The highest BCUT2D eigenvalue weighted by atomic mass is 16.5. The quantitative estimate of drug-likeness (QED) is 0.775. The molecule has 6 heteroatoms. The molecule has 21 heavy (non-hydrogen) atoms. The molecular weight excluding hydrogens is 270 g/mol. The van der Waals surface area contributed by atoms with Gasteiger partial charge in [-0.1, -0.05) is 0 Å². The number of hydrogen-bond donors (Lipinski definition) is 3. The minimum atomic E-state index is -0.271. The summed E-state index contributed by atoms with van der Waals surface area (Å²) in [5.74, 6) is 0.125. The lowest BCUT2D eigenvalue weighted by atomic mass is 10.1. The molecule has 2 rings (SSSR count). The molecule has 1 aromatic carbocycles. The summed E-state index contributed by atoms with van der Waals surface area (Å²) in [4.78, 5) is 24.2. The van der Waals surface area contributed by atoms with E-state index in [2.05, 4.69) is 10.6 Å². The minimum Gasteiger partial charge on any atom is -0.497 e. The zero-order chi connectivity index (χ0) is 15.4. The maximum atomic E-state index is 12.2. The Labute approximate surface area is 124 Å². The first kappa shape index (κ1) is 15.3. The molecule has 2 unspecified atom stereocenters. The monoisotopic (exact) mass is 291 g/mol. The Morgan fingerprint density at radius 1 is 1.33 bits per heavy atom. The second-order valence-corrected chi connectivity index (χ2v) is 5.25. The number of nitrogens with one attached hydrogen (secondary N) is 2. The van der Waals surface area contributed by atoms with Crippen LogP contribution in [-0.2, 0) is 4.79 Å². The van der Waals surface area contributed by atoms with E-state index in [-0.39, 0.29) is 23.8 Å². The van der Waals surface area contributed by atoms with E-state index >= 15 is 0 Å². The third-order valence-electron chi connectivity index (χ3n) is 3.80. The number of rotatable bonds is 4. The van der Waals surface area contributed by atoms with Crippen molar-refractivity contribution in [2.45, 2.75) is 25.3 Å². The van der Waals surface area contributed by atoms with Gasteiger partial charge in [-0.25, -0.2) is 0 Å². The van der Waals surface area contributed by atoms with Crippen LogP contribution in [0.25, 0.3) is 0 Å². The Hall–Kier alpha value is -2.08. The number of anilines is 1. The van der Waals surface area contributed by atoms with Crippen LogP contribution in [0.2, 0.25) is 0 Å². The van der Waals surface area contributed by atoms with Crippen LogP contribution in [0.1, 0.15) is 29.6 Å². The van der Waals surface area contributed by atoms with Gasteiger partial charge in [0.25, 0.3) is 5.91 Å². The molecule has 0 bridgehead atoms. The molecule has 6 nitrogen and oxygen atoms in total. The van der Waals surface area contributed by atoms with Gasteiger partial charge in [0, 0.05) is 19.0 Å². The summed E-state index contributed by atoms with van der Waals surface area (Å²) < 4.78 is 5.11. The fraction of sp³-hybridized carbons (Fsp3) is 0.467. The first-order valence-corrected chi connectivity index (χ1v) is 7.01. The van der Waals surface area contributed by atoms with Gasteiger partial charge in [0.15, 0.2) is 0 Å². The molecule has 0 aromatic heterocycles. The predicted molar refractivity (Wildman–Crippen MR) is 80.3 cm³/mol. The average Bonchev–Trinajstić information content (AvgIpc) is 2.93. The van der Waals surface area contributed by atoms with Crippen LogP contribution in [0.5, 0.6) is 5.75 Å². The highest BCUT2D eigenvalue weighted by Crippen LogP contribution is 2.27. The lowest BCUT2D eigenvalue weighted by Gasteiger charge is -2.14. The van der Waals surface area contributed by atoms with Gasteiger partial charge in [-0.15, -0.1) is 0 Å². The van der Waals surface area contributed by atoms with Gasteiger partial charge in [-0.05, 0) is 37.5 Å². The van der Waals surface area contributed by atoms with Gasteiger partial charge in [0.1, 0.15) is 5.75 Å². The topological polar surface area (TPSA) is 93.5 Å². The zero-order valence-corrected chi connectivity index (χ0v) is 12.3. The van der Waals surface area contributed by atoms with Crippen molar-refractivity contribution >= 4 is 17.5 Å². The van der Waals surface area contributed by atoms with E-state index in [9.17, 15) is 9.59 Å². The zero-order valence-electron chi connectivity index (χ0n) is 12.3. The van der Waals surface area contributed by atoms with Gasteiger partial charge in [-0.2, -0.15) is 0 Å². The number of benzene rings is 1. The second kappa shape index (κ2) is 6.58. The molecule has 1 aromatic rings. The number of carbonyl (C=O) groups excluding carboxylic acids is 2. The van der Waals surface area contributed by atoms with E-state index in [0.29, 0.717) is 23.4 Å². The summed E-state index contributed by atoms with van der Waals surface area (Å²) in [6, 6.07) is 5.09. The van der Waals surface area contributed by atoms with Gasteiger partial charge in [0.2, 0.25) is 5.91 Å². The molecule has 0 radical (unpaired) electrons. The SMILES string of the molecule is CNC(=O)c1cc(OC)ccc1NC(=O)C1CCC(N)C1. The van der Waals surface area contributed by atoms with Gasteiger partial charge in [0.05, 0.1) is 18.4 Å². The molecule has 1 aliphatic carbocycles. The van der Waals surface area contributed by atoms with E-state index in [0.717, 1.165) is 12.8 Å². The molecule has 1 aliphatic rings. The molecule has 0 heterocycles. The minimum absolute atomic E-state index is 0.0837. The first-order chi connectivity index (χ1) is 10.0. The summed E-state index contributed by atoms with van der Waals surface area (Å²) in [6.07, 6.45) is 2.35. The van der Waals surface area contributed by atoms with Crippen LogP contribution < -0.4 is 21.1 Å². The molecule has 2 amide bonds. The molecule has 2 atom stereocenters. The number of ether oxygens (including phenoxy) is 1. The van der Waals surface area contributed by atoms with Crippen molar-refractivity contribution in [3.63, 3.8) is 0 Å². The summed E-state index contributed by atoms with van der Waals surface area (Å²) >= 11 is 0. The molecule has 1 saturated carbocycles. The largest absolute Gasteiger partial charge is 0.497 e. The normalized spacial score (nSPS) is 20.9. The Bertz CT molecular complexity index is 545. The van der Waals surface area contributed by atoms with Crippen molar-refractivity contribution in [3.8, 4) is 5.75 Å². The van der Waals surface area contributed by atoms with Crippen LogP contribution in [0.15, 0.2) is 18.2 Å². The maximum Gasteiger partial charge on any atom is 0.253 e. The number of carbonyl (C=O) groups is 2. The van der Waals surface area contributed by atoms with E-state index in [1.165, 1.54) is 7.11 Å². The number of amides is 2. The van der Waals surface area contributed by atoms with Gasteiger partial charge >= 0.3 is 0 Å². The first-order valence-electron chi connectivity index (χ1n) is 7.01. The Kier molecular flexibility index (Phi) is 4.80. The molecule has 114 valence electrons. The van der Waals surface area contributed by atoms with Crippen molar-refractivity contribution in [2.24, 2.45) is 11.7 Å². The van der Waals surface area contributed by atoms with Crippen LogP contribution in [0.4, 0.5) is 5.69 Å². The smallest absolute Gasteiger partial charge is 0.253 e. The summed E-state index contributed by atoms with van der Waals surface area (Å²) in [5, 5.41) is 5.39. The van der Waals surface area contributed by atoms with Gasteiger partial charge in [-0.3, -0.25) is 9.59 Å². The molecule has 0 aliphatic heterocycles. The standard InChI is InChI=1S/C15H21N3O3/c1-17-15(20)12-8-11(21-2)5-6-13(12)18-14(19)9-3-4-10(16)7-9/h5-6,8-10H,3-4,7,16H2,1-2H3,(H,17,20)(H,18,19). The Morgan fingerprint density at radius 3 is 2.67 bits per heavy atom. The highest BCUT2D eigenvalue weighted by Gasteiger charge is 2.28. The Balaban J connectivity index is 2.18. The fourth-order valence-electron chi connectivity index (χ4n) is 2.57. The number of hydrogen-bond acceptors (Lipinski definition) is 4. The fourth-order valence-corrected chi connectivity index (χ4v) is 2.57. The van der Waals surface area contributed by atoms with Crippen LogP contribution in [0, 0.1) is 5.92 Å². The summed E-state index contributed by atoms with van der Waals surface area (Å²) in [7, 11) is 3.07. The van der Waals surface area contributed by atoms with Crippen molar-refractivity contribution in [1.82, 2.24) is 5.32 Å². The number of nitrogens with two attached hydrogens (primary N) is 1. The van der Waals surface area contributed by atoms with E-state index in [4.69, 9.17) is 10.5 Å². The van der Waals surface area contributed by atoms with E-state index in [1.54, 1.807) is 25.2 Å². The Morgan fingerprint density at radius 2 is 2.10 bits per heavy atom. The molecule has 1 fully saturated rings. The third kappa shape index (κ3) is 3.52. The maximum absolute atomic E-state index is 12.2. The molecule has 0 spiro atoms. The van der Waals surface area contributed by atoms with Crippen molar-refractivity contribution in [2.75, 3.05) is 19.5 Å². The van der Waals surface area contributed by atoms with Gasteiger partial charge < -0.3 is 21.1 Å². The number of methoxy groups -OCH3 is 1. The summed E-state index contributed by atoms with van der Waals surface area (Å²) in [6.45, 7) is 0. The van der Waals surface area contributed by atoms with Crippen molar-refractivity contribution < 1.29 is 14.3 Å². The molecule has 4 N–H and O–H groups in total. The molecular formula is C15H21N3O3. The van der Waals surface area contributed by atoms with E-state index in [1.807, 2.05) is 0 Å². The molecule has 0 saturated heterocycles. The van der Waals surface area contributed by atoms with Crippen molar-refractivity contribution in [1.29, 1.82) is 0 Å². The van der Waals surface area contributed by atoms with E-state index < -0.39 is 0 Å². The predicted octanol–water partition coefficient (Wildman–Crippen LogP) is 1.12. The second-order valence-electron chi connectivity index (χ2n) is 5.25.